The summed E-state index contributed by atoms with van der Waals surface area (Å²) in [7, 11) is 0. The summed E-state index contributed by atoms with van der Waals surface area (Å²) in [6, 6.07) is 13.8. The molecule has 1 aliphatic heterocycles. The van der Waals surface area contributed by atoms with Crippen LogP contribution in [0.4, 0.5) is 5.69 Å². The van der Waals surface area contributed by atoms with Crippen molar-refractivity contribution in [1.29, 1.82) is 0 Å². The minimum Gasteiger partial charge on any atom is -0.378 e. The van der Waals surface area contributed by atoms with Gasteiger partial charge < -0.3 is 10.4 Å². The summed E-state index contributed by atoms with van der Waals surface area (Å²) in [4.78, 5) is 13.6. The molecule has 0 spiro atoms. The Kier molecular flexibility index (Phi) is 3.05. The first-order valence-electron chi connectivity index (χ1n) is 6.01. The lowest BCUT2D eigenvalue weighted by Crippen LogP contribution is -2.10. The van der Waals surface area contributed by atoms with Gasteiger partial charge in [-0.25, -0.2) is 0 Å². The second-order valence-electron chi connectivity index (χ2n) is 4.51. The number of fused-ring (bicyclic) bond motifs is 1. The average molecular weight is 271 g/mol. The highest BCUT2D eigenvalue weighted by molar-refractivity contribution is 7.99. The van der Waals surface area contributed by atoms with Crippen molar-refractivity contribution in [3.63, 3.8) is 0 Å². The van der Waals surface area contributed by atoms with E-state index in [0.29, 0.717) is 11.3 Å². The largest absolute Gasteiger partial charge is 0.378 e. The molecular weight excluding hydrogens is 258 g/mol. The van der Waals surface area contributed by atoms with E-state index in [9.17, 15) is 9.90 Å². The van der Waals surface area contributed by atoms with E-state index in [1.54, 1.807) is 17.8 Å². The van der Waals surface area contributed by atoms with Gasteiger partial charge in [0.05, 0.1) is 0 Å². The second kappa shape index (κ2) is 4.72. The third kappa shape index (κ3) is 2.25. The minimum absolute atomic E-state index is 0.354. The van der Waals surface area contributed by atoms with Crippen molar-refractivity contribution in [1.82, 2.24) is 0 Å². The summed E-state index contributed by atoms with van der Waals surface area (Å²) in [5.41, 5.74) is 2.58. The third-order valence-corrected chi connectivity index (χ3v) is 4.31. The molecule has 1 heterocycles. The summed E-state index contributed by atoms with van der Waals surface area (Å²) in [5.74, 6) is -0.354. The van der Waals surface area contributed by atoms with Crippen molar-refractivity contribution in [2.24, 2.45) is 0 Å². The fraction of sp³-hybridized carbons (Fsp3) is 0.133. The van der Waals surface area contributed by atoms with Crippen molar-refractivity contribution >= 4 is 23.4 Å². The number of nitrogens with one attached hydrogen (secondary N) is 1. The van der Waals surface area contributed by atoms with E-state index in [-0.39, 0.29) is 5.91 Å². The molecule has 0 saturated carbocycles. The van der Waals surface area contributed by atoms with Gasteiger partial charge in [-0.3, -0.25) is 4.79 Å². The molecule has 1 unspecified atom stereocenters. The third-order valence-electron chi connectivity index (χ3n) is 3.15. The molecule has 0 radical (unpaired) electrons. The number of rotatable bonds is 2. The number of hydrogen-bond donors (Lipinski definition) is 2. The number of aliphatic hydroxyl groups excluding tert-OH is 1. The van der Waals surface area contributed by atoms with E-state index in [1.807, 2.05) is 24.3 Å². The number of hydrogen-bond acceptors (Lipinski definition) is 3. The van der Waals surface area contributed by atoms with Crippen molar-refractivity contribution in [2.45, 2.75) is 22.8 Å². The molecule has 4 heteroatoms. The zero-order valence-electron chi connectivity index (χ0n) is 10.4. The standard InChI is InChI=1S/C15H13NO2S/c1-9-4-2-3-5-13(9)19-10-6-7-11-12(8-10)16-15(18)14(11)17/h2-8,14,17H,1H3,(H,16,18). The summed E-state index contributed by atoms with van der Waals surface area (Å²) in [5, 5.41) is 12.3. The molecule has 2 aromatic rings. The van der Waals surface area contributed by atoms with Gasteiger partial charge in [0.15, 0.2) is 6.10 Å². The van der Waals surface area contributed by atoms with E-state index >= 15 is 0 Å². The number of aryl methyl sites for hydroxylation is 1. The Labute approximate surface area is 115 Å². The van der Waals surface area contributed by atoms with E-state index < -0.39 is 6.10 Å². The minimum atomic E-state index is -1.03. The van der Waals surface area contributed by atoms with Crippen LogP contribution < -0.4 is 5.32 Å². The van der Waals surface area contributed by atoms with E-state index in [0.717, 1.165) is 4.90 Å². The fourth-order valence-corrected chi connectivity index (χ4v) is 3.03. The molecule has 1 amide bonds. The highest BCUT2D eigenvalue weighted by atomic mass is 32.2. The van der Waals surface area contributed by atoms with Crippen LogP contribution in [0.15, 0.2) is 52.3 Å². The smallest absolute Gasteiger partial charge is 0.257 e. The topological polar surface area (TPSA) is 49.3 Å². The van der Waals surface area contributed by atoms with Crippen LogP contribution in [0.5, 0.6) is 0 Å². The average Bonchev–Trinajstić information content (AvgIpc) is 2.68. The molecule has 1 atom stereocenters. The van der Waals surface area contributed by atoms with Crippen molar-refractivity contribution in [3.05, 3.63) is 53.6 Å². The Morgan fingerprint density at radius 3 is 2.79 bits per heavy atom. The lowest BCUT2D eigenvalue weighted by Gasteiger charge is -2.07. The Bertz CT molecular complexity index is 654. The monoisotopic (exact) mass is 271 g/mol. The first kappa shape index (κ1) is 12.3. The maximum atomic E-state index is 11.4. The zero-order valence-corrected chi connectivity index (χ0v) is 11.2. The summed E-state index contributed by atoms with van der Waals surface area (Å²) in [6.45, 7) is 2.07. The molecule has 0 bridgehead atoms. The number of carbonyl (C=O) groups is 1. The molecule has 3 rings (SSSR count). The van der Waals surface area contributed by atoms with Crippen molar-refractivity contribution < 1.29 is 9.90 Å². The van der Waals surface area contributed by atoms with Gasteiger partial charge in [0.25, 0.3) is 5.91 Å². The predicted octanol–water partition coefficient (Wildman–Crippen LogP) is 3.13. The van der Waals surface area contributed by atoms with Gasteiger partial charge in [-0.1, -0.05) is 36.0 Å². The van der Waals surface area contributed by atoms with E-state index in [1.165, 1.54) is 10.5 Å². The normalized spacial score (nSPS) is 17.2. The Balaban J connectivity index is 1.91. The van der Waals surface area contributed by atoms with Crippen LogP contribution in [-0.4, -0.2) is 11.0 Å². The number of benzene rings is 2. The molecule has 0 saturated heterocycles. The maximum absolute atomic E-state index is 11.4. The molecule has 0 aliphatic carbocycles. The summed E-state index contributed by atoms with van der Waals surface area (Å²) < 4.78 is 0. The van der Waals surface area contributed by atoms with Gasteiger partial charge >= 0.3 is 0 Å². The van der Waals surface area contributed by atoms with Crippen molar-refractivity contribution in [2.75, 3.05) is 5.32 Å². The maximum Gasteiger partial charge on any atom is 0.257 e. The zero-order chi connectivity index (χ0) is 13.4. The van der Waals surface area contributed by atoms with Crippen LogP contribution in [0, 0.1) is 6.92 Å². The number of amides is 1. The summed E-state index contributed by atoms with van der Waals surface area (Å²) >= 11 is 1.65. The van der Waals surface area contributed by atoms with Crippen LogP contribution in [0.3, 0.4) is 0 Å². The molecule has 1 aliphatic rings. The van der Waals surface area contributed by atoms with Gasteiger partial charge in [0, 0.05) is 21.0 Å². The van der Waals surface area contributed by atoms with Gasteiger partial charge in [0.2, 0.25) is 0 Å². The Morgan fingerprint density at radius 1 is 1.21 bits per heavy atom. The lowest BCUT2D eigenvalue weighted by atomic mass is 10.1. The summed E-state index contributed by atoms with van der Waals surface area (Å²) in [6.07, 6.45) is -1.03. The lowest BCUT2D eigenvalue weighted by molar-refractivity contribution is -0.123. The molecular formula is C15H13NO2S. The highest BCUT2D eigenvalue weighted by Gasteiger charge is 2.28. The first-order valence-corrected chi connectivity index (χ1v) is 6.83. The quantitative estimate of drug-likeness (QED) is 0.882. The van der Waals surface area contributed by atoms with Crippen LogP contribution in [0.25, 0.3) is 0 Å². The number of anilines is 1. The van der Waals surface area contributed by atoms with Crippen LogP contribution >= 0.6 is 11.8 Å². The first-order chi connectivity index (χ1) is 9.15. The molecule has 19 heavy (non-hydrogen) atoms. The Morgan fingerprint density at radius 2 is 2.00 bits per heavy atom. The number of carbonyl (C=O) groups excluding carboxylic acids is 1. The van der Waals surface area contributed by atoms with Gasteiger partial charge in [-0.2, -0.15) is 0 Å². The van der Waals surface area contributed by atoms with Gasteiger partial charge in [-0.05, 0) is 30.7 Å². The van der Waals surface area contributed by atoms with E-state index in [4.69, 9.17) is 0 Å². The molecule has 3 nitrogen and oxygen atoms in total. The van der Waals surface area contributed by atoms with Gasteiger partial charge in [-0.15, -0.1) is 0 Å². The molecule has 96 valence electrons. The van der Waals surface area contributed by atoms with Crippen molar-refractivity contribution in [3.8, 4) is 0 Å². The molecule has 2 aromatic carbocycles. The van der Waals surface area contributed by atoms with Gasteiger partial charge in [0.1, 0.15) is 0 Å². The fourth-order valence-electron chi connectivity index (χ4n) is 2.09. The van der Waals surface area contributed by atoms with Crippen LogP contribution in [-0.2, 0) is 4.79 Å². The molecule has 2 N–H and O–H groups in total. The molecule has 0 fully saturated rings. The number of aliphatic hydroxyl groups is 1. The highest BCUT2D eigenvalue weighted by Crippen LogP contribution is 2.37. The van der Waals surface area contributed by atoms with E-state index in [2.05, 4.69) is 24.4 Å². The van der Waals surface area contributed by atoms with Crippen LogP contribution in [0.2, 0.25) is 0 Å². The molecule has 0 aromatic heterocycles. The Hall–Kier alpha value is -1.78. The second-order valence-corrected chi connectivity index (χ2v) is 5.62. The van der Waals surface area contributed by atoms with Crippen LogP contribution in [0.1, 0.15) is 17.2 Å². The predicted molar refractivity (Wildman–Crippen MR) is 75.3 cm³/mol. The SMILES string of the molecule is Cc1ccccc1Sc1ccc2c(c1)NC(=O)C2O.